The van der Waals surface area contributed by atoms with E-state index in [1.807, 2.05) is 0 Å². The van der Waals surface area contributed by atoms with Crippen molar-refractivity contribution < 1.29 is 19.1 Å². The molecule has 2 aromatic rings. The molecule has 4 atom stereocenters. The molecule has 5 rings (SSSR count). The summed E-state index contributed by atoms with van der Waals surface area (Å²) in [5.74, 6) is -0.180. The summed E-state index contributed by atoms with van der Waals surface area (Å²) in [7, 11) is 1.56. The number of rotatable bonds is 4. The summed E-state index contributed by atoms with van der Waals surface area (Å²) in [6, 6.07) is 13.7. The SMILES string of the molecule is COc1cccc(NC(=O)c2cccc(N3C(=O)[C@@H]4[C@@H](C3=O)[C@H]3C=C[C@H]4C3)c2)c1. The van der Waals surface area contributed by atoms with Crippen LogP contribution in [0.2, 0.25) is 0 Å². The molecule has 2 aliphatic carbocycles. The molecule has 0 spiro atoms. The Morgan fingerprint density at radius 1 is 1.00 bits per heavy atom. The van der Waals surface area contributed by atoms with Gasteiger partial charge < -0.3 is 10.1 Å². The number of anilines is 2. The molecule has 1 saturated carbocycles. The number of methoxy groups -OCH3 is 1. The van der Waals surface area contributed by atoms with E-state index in [2.05, 4.69) is 17.5 Å². The second kappa shape index (κ2) is 6.58. The number of nitrogens with zero attached hydrogens (tertiary/aromatic N) is 1. The fourth-order valence-electron chi connectivity index (χ4n) is 4.85. The number of fused-ring (bicyclic) bond motifs is 5. The number of allylic oxidation sites excluding steroid dienone is 2. The molecule has 0 radical (unpaired) electrons. The van der Waals surface area contributed by atoms with E-state index in [0.717, 1.165) is 6.42 Å². The van der Waals surface area contributed by atoms with Crippen LogP contribution in [-0.2, 0) is 9.59 Å². The minimum absolute atomic E-state index is 0.151. The highest BCUT2D eigenvalue weighted by Crippen LogP contribution is 2.53. The molecular weight excluding hydrogens is 368 g/mol. The molecule has 0 aromatic heterocycles. The molecule has 29 heavy (non-hydrogen) atoms. The number of amides is 3. The summed E-state index contributed by atoms with van der Waals surface area (Å²) in [4.78, 5) is 39.9. The van der Waals surface area contributed by atoms with Gasteiger partial charge in [0.1, 0.15) is 5.75 Å². The summed E-state index contributed by atoms with van der Waals surface area (Å²) in [5.41, 5.74) is 1.43. The minimum atomic E-state index is -0.318. The maximum Gasteiger partial charge on any atom is 0.255 e. The third kappa shape index (κ3) is 2.75. The van der Waals surface area contributed by atoms with Crippen LogP contribution in [0.4, 0.5) is 11.4 Å². The summed E-state index contributed by atoms with van der Waals surface area (Å²) >= 11 is 0. The number of carbonyl (C=O) groups is 3. The highest BCUT2D eigenvalue weighted by molar-refractivity contribution is 6.23. The predicted molar refractivity (Wildman–Crippen MR) is 108 cm³/mol. The summed E-state index contributed by atoms with van der Waals surface area (Å²) in [6.07, 6.45) is 5.03. The zero-order valence-corrected chi connectivity index (χ0v) is 15.9. The van der Waals surface area contributed by atoms with Gasteiger partial charge in [-0.15, -0.1) is 0 Å². The Hall–Kier alpha value is -3.41. The van der Waals surface area contributed by atoms with E-state index in [-0.39, 0.29) is 41.4 Å². The van der Waals surface area contributed by atoms with Gasteiger partial charge in [0.05, 0.1) is 24.6 Å². The molecule has 0 unspecified atom stereocenters. The van der Waals surface area contributed by atoms with Crippen molar-refractivity contribution in [3.8, 4) is 5.75 Å². The van der Waals surface area contributed by atoms with Gasteiger partial charge in [0.2, 0.25) is 11.8 Å². The van der Waals surface area contributed by atoms with Crippen molar-refractivity contribution in [2.75, 3.05) is 17.3 Å². The average molecular weight is 388 g/mol. The fourth-order valence-corrected chi connectivity index (χ4v) is 4.85. The highest BCUT2D eigenvalue weighted by atomic mass is 16.5. The van der Waals surface area contributed by atoms with E-state index in [1.54, 1.807) is 55.6 Å². The molecule has 2 fully saturated rings. The number of benzene rings is 2. The number of ether oxygens (including phenoxy) is 1. The quantitative estimate of drug-likeness (QED) is 0.644. The molecule has 6 nitrogen and oxygen atoms in total. The van der Waals surface area contributed by atoms with Crippen molar-refractivity contribution in [3.05, 3.63) is 66.2 Å². The molecule has 2 bridgehead atoms. The Bertz CT molecular complexity index is 1030. The number of imide groups is 1. The van der Waals surface area contributed by atoms with Gasteiger partial charge in [-0.25, -0.2) is 4.90 Å². The summed E-state index contributed by atoms with van der Waals surface area (Å²) < 4.78 is 5.17. The summed E-state index contributed by atoms with van der Waals surface area (Å²) in [5, 5.41) is 2.82. The predicted octanol–water partition coefficient (Wildman–Crippen LogP) is 3.26. The van der Waals surface area contributed by atoms with Gasteiger partial charge in [-0.1, -0.05) is 24.3 Å². The van der Waals surface area contributed by atoms with Crippen LogP contribution in [0.5, 0.6) is 5.75 Å². The van der Waals surface area contributed by atoms with E-state index in [0.29, 0.717) is 22.7 Å². The lowest BCUT2D eigenvalue weighted by Crippen LogP contribution is -2.33. The van der Waals surface area contributed by atoms with Crippen molar-refractivity contribution >= 4 is 29.1 Å². The van der Waals surface area contributed by atoms with Gasteiger partial charge in [-0.05, 0) is 48.6 Å². The molecular formula is C23H20N2O4. The van der Waals surface area contributed by atoms with Crippen molar-refractivity contribution in [3.63, 3.8) is 0 Å². The van der Waals surface area contributed by atoms with Gasteiger partial charge in [0, 0.05) is 17.3 Å². The van der Waals surface area contributed by atoms with E-state index in [1.165, 1.54) is 4.90 Å². The lowest BCUT2D eigenvalue weighted by Gasteiger charge is -2.18. The Balaban J connectivity index is 1.39. The number of nitrogens with one attached hydrogen (secondary N) is 1. The second-order valence-corrected chi connectivity index (χ2v) is 7.75. The smallest absolute Gasteiger partial charge is 0.255 e. The van der Waals surface area contributed by atoms with Crippen molar-refractivity contribution in [1.82, 2.24) is 0 Å². The third-order valence-corrected chi connectivity index (χ3v) is 6.16. The zero-order chi connectivity index (χ0) is 20.1. The highest BCUT2D eigenvalue weighted by Gasteiger charge is 2.59. The molecule has 3 aliphatic rings. The van der Waals surface area contributed by atoms with Gasteiger partial charge >= 0.3 is 0 Å². The van der Waals surface area contributed by atoms with Crippen LogP contribution in [0.1, 0.15) is 16.8 Å². The van der Waals surface area contributed by atoms with Gasteiger partial charge in [0.15, 0.2) is 0 Å². The standard InChI is InChI=1S/C23H20N2O4/c1-29-18-7-3-5-16(12-18)24-21(26)15-4-2-6-17(11-15)25-22(27)19-13-8-9-14(10-13)20(19)23(25)28/h2-9,11-14,19-20H,10H2,1H3,(H,24,26)/t13-,14-,19-,20-/m0/s1. The maximum absolute atomic E-state index is 13.0. The van der Waals surface area contributed by atoms with Crippen molar-refractivity contribution in [2.24, 2.45) is 23.7 Å². The van der Waals surface area contributed by atoms with Crippen molar-refractivity contribution in [2.45, 2.75) is 6.42 Å². The van der Waals surface area contributed by atoms with Crippen LogP contribution in [0.15, 0.2) is 60.7 Å². The summed E-state index contributed by atoms with van der Waals surface area (Å²) in [6.45, 7) is 0. The van der Waals surface area contributed by atoms with Crippen LogP contribution >= 0.6 is 0 Å². The number of hydrogen-bond acceptors (Lipinski definition) is 4. The Morgan fingerprint density at radius 2 is 1.69 bits per heavy atom. The largest absolute Gasteiger partial charge is 0.497 e. The normalized spacial score (nSPS) is 26.7. The maximum atomic E-state index is 13.0. The monoisotopic (exact) mass is 388 g/mol. The molecule has 1 N–H and O–H groups in total. The first-order chi connectivity index (χ1) is 14.1. The van der Waals surface area contributed by atoms with Crippen LogP contribution in [-0.4, -0.2) is 24.8 Å². The minimum Gasteiger partial charge on any atom is -0.497 e. The van der Waals surface area contributed by atoms with Gasteiger partial charge in [-0.2, -0.15) is 0 Å². The second-order valence-electron chi connectivity index (χ2n) is 7.75. The van der Waals surface area contributed by atoms with E-state index < -0.39 is 0 Å². The third-order valence-electron chi connectivity index (χ3n) is 6.16. The Labute approximate surface area is 168 Å². The molecule has 3 amide bonds. The fraction of sp³-hybridized carbons (Fsp3) is 0.261. The van der Waals surface area contributed by atoms with Gasteiger partial charge in [-0.3, -0.25) is 14.4 Å². The molecule has 146 valence electrons. The first-order valence-electron chi connectivity index (χ1n) is 9.68. The van der Waals surface area contributed by atoms with Gasteiger partial charge in [0.25, 0.3) is 5.91 Å². The van der Waals surface area contributed by atoms with Crippen LogP contribution in [0.25, 0.3) is 0 Å². The first-order valence-corrected chi connectivity index (χ1v) is 9.68. The van der Waals surface area contributed by atoms with E-state index in [9.17, 15) is 14.4 Å². The number of carbonyl (C=O) groups excluding carboxylic acids is 3. The van der Waals surface area contributed by atoms with Crippen molar-refractivity contribution in [1.29, 1.82) is 0 Å². The van der Waals surface area contributed by atoms with Crippen LogP contribution < -0.4 is 15.0 Å². The molecule has 1 aliphatic heterocycles. The molecule has 2 aromatic carbocycles. The Morgan fingerprint density at radius 3 is 2.38 bits per heavy atom. The number of hydrogen-bond donors (Lipinski definition) is 1. The van der Waals surface area contributed by atoms with E-state index >= 15 is 0 Å². The molecule has 1 saturated heterocycles. The van der Waals surface area contributed by atoms with E-state index in [4.69, 9.17) is 4.74 Å². The zero-order valence-electron chi connectivity index (χ0n) is 15.9. The lowest BCUT2D eigenvalue weighted by molar-refractivity contribution is -0.123. The molecule has 6 heteroatoms. The Kier molecular flexibility index (Phi) is 4.01. The molecule has 1 heterocycles. The van der Waals surface area contributed by atoms with Crippen LogP contribution in [0, 0.1) is 23.7 Å². The topological polar surface area (TPSA) is 75.7 Å². The van der Waals surface area contributed by atoms with Crippen LogP contribution in [0.3, 0.4) is 0 Å². The average Bonchev–Trinajstić information content (AvgIpc) is 3.42. The lowest BCUT2D eigenvalue weighted by atomic mass is 9.85. The first kappa shape index (κ1) is 17.7.